The third kappa shape index (κ3) is 1.62. The Morgan fingerprint density at radius 3 is 2.92 bits per heavy atom. The van der Waals surface area contributed by atoms with E-state index in [2.05, 4.69) is 18.0 Å². The minimum Gasteiger partial charge on any atom is -0.261 e. The van der Waals surface area contributed by atoms with Gasteiger partial charge >= 0.3 is 0 Å². The van der Waals surface area contributed by atoms with Crippen LogP contribution < -0.4 is 0 Å². The monoisotopic (exact) mass is 160 g/mol. The maximum Gasteiger partial charge on any atom is 0.0669 e. The lowest BCUT2D eigenvalue weighted by molar-refractivity contribution is 0.987. The Bertz CT molecular complexity index is 310. The van der Waals surface area contributed by atoms with Crippen molar-refractivity contribution in [2.75, 3.05) is 0 Å². The van der Waals surface area contributed by atoms with Gasteiger partial charge in [0, 0.05) is 11.9 Å². The maximum absolute atomic E-state index is 8.54. The van der Waals surface area contributed by atoms with E-state index >= 15 is 0 Å². The van der Waals surface area contributed by atoms with Gasteiger partial charge in [0.25, 0.3) is 0 Å². The number of hydrogen-bond acceptors (Lipinski definition) is 2. The predicted octanol–water partition coefficient (Wildman–Crippen LogP) is 2.02. The zero-order valence-electron chi connectivity index (χ0n) is 7.46. The first kappa shape index (κ1) is 8.73. The van der Waals surface area contributed by atoms with E-state index in [1.807, 2.05) is 13.0 Å². The molecule has 0 radical (unpaired) electrons. The summed E-state index contributed by atoms with van der Waals surface area (Å²) in [5.41, 5.74) is 3.37. The van der Waals surface area contributed by atoms with Gasteiger partial charge in [-0.25, -0.2) is 0 Å². The number of nitriles is 1. The number of rotatable bonds is 2. The van der Waals surface area contributed by atoms with E-state index in [-0.39, 0.29) is 0 Å². The minimum absolute atomic E-state index is 0.487. The van der Waals surface area contributed by atoms with Crippen molar-refractivity contribution in [1.29, 1.82) is 5.26 Å². The summed E-state index contributed by atoms with van der Waals surface area (Å²) in [7, 11) is 0. The Hall–Kier alpha value is -1.36. The van der Waals surface area contributed by atoms with Crippen LogP contribution in [0.5, 0.6) is 0 Å². The van der Waals surface area contributed by atoms with Crippen molar-refractivity contribution in [2.24, 2.45) is 0 Å². The molecule has 0 aromatic carbocycles. The quantitative estimate of drug-likeness (QED) is 0.663. The predicted molar refractivity (Wildman–Crippen MR) is 47.7 cm³/mol. The van der Waals surface area contributed by atoms with Crippen LogP contribution >= 0.6 is 0 Å². The molecule has 2 nitrogen and oxygen atoms in total. The Balaban J connectivity index is 3.07. The molecule has 0 aliphatic heterocycles. The van der Waals surface area contributed by atoms with Gasteiger partial charge in [0.05, 0.1) is 12.5 Å². The molecule has 0 saturated carbocycles. The Labute approximate surface area is 72.9 Å². The highest BCUT2D eigenvalue weighted by atomic mass is 14.7. The van der Waals surface area contributed by atoms with Gasteiger partial charge in [0.2, 0.25) is 0 Å². The average molecular weight is 160 g/mol. The van der Waals surface area contributed by atoms with Crippen LogP contribution in [0, 0.1) is 18.3 Å². The third-order valence-corrected chi connectivity index (χ3v) is 2.03. The molecule has 0 fully saturated rings. The largest absolute Gasteiger partial charge is 0.261 e. The molecule has 0 saturated heterocycles. The molecule has 0 unspecified atom stereocenters. The molecule has 1 aromatic rings. The molecule has 2 heteroatoms. The van der Waals surface area contributed by atoms with Crippen LogP contribution in [0.2, 0.25) is 0 Å². The summed E-state index contributed by atoms with van der Waals surface area (Å²) >= 11 is 0. The molecule has 0 N–H and O–H groups in total. The standard InChI is InChI=1S/C10H12N2/c1-3-10-8(2)9(4-6-11)5-7-12-10/h5,7H,3-4H2,1-2H3. The number of nitrogens with zero attached hydrogens (tertiary/aromatic N) is 2. The smallest absolute Gasteiger partial charge is 0.0669 e. The topological polar surface area (TPSA) is 36.7 Å². The van der Waals surface area contributed by atoms with Gasteiger partial charge in [0.15, 0.2) is 0 Å². The molecule has 1 heterocycles. The molecule has 0 atom stereocenters. The van der Waals surface area contributed by atoms with E-state index in [1.54, 1.807) is 6.20 Å². The van der Waals surface area contributed by atoms with Crippen LogP contribution in [0.1, 0.15) is 23.7 Å². The lowest BCUT2D eigenvalue weighted by Crippen LogP contribution is -1.96. The van der Waals surface area contributed by atoms with Crippen molar-refractivity contribution in [3.8, 4) is 6.07 Å². The fourth-order valence-electron chi connectivity index (χ4n) is 1.26. The molecule has 62 valence electrons. The van der Waals surface area contributed by atoms with E-state index in [0.29, 0.717) is 6.42 Å². The van der Waals surface area contributed by atoms with Crippen molar-refractivity contribution < 1.29 is 0 Å². The first-order chi connectivity index (χ1) is 5.79. The molecule has 0 aliphatic carbocycles. The number of hydrogen-bond donors (Lipinski definition) is 0. The van der Waals surface area contributed by atoms with Crippen LogP contribution in [0.25, 0.3) is 0 Å². The molecule has 0 bridgehead atoms. The summed E-state index contributed by atoms with van der Waals surface area (Å²) in [6, 6.07) is 4.06. The zero-order chi connectivity index (χ0) is 8.97. The van der Waals surface area contributed by atoms with Gasteiger partial charge in [-0.05, 0) is 30.5 Å². The highest BCUT2D eigenvalue weighted by Gasteiger charge is 2.01. The van der Waals surface area contributed by atoms with E-state index in [0.717, 1.165) is 17.7 Å². The van der Waals surface area contributed by atoms with Crippen molar-refractivity contribution in [2.45, 2.75) is 26.7 Å². The van der Waals surface area contributed by atoms with Crippen LogP contribution in [-0.4, -0.2) is 4.98 Å². The fraction of sp³-hybridized carbons (Fsp3) is 0.400. The highest BCUT2D eigenvalue weighted by Crippen LogP contribution is 2.11. The van der Waals surface area contributed by atoms with Crippen LogP contribution in [-0.2, 0) is 12.8 Å². The van der Waals surface area contributed by atoms with E-state index in [1.165, 1.54) is 5.56 Å². The number of pyridine rings is 1. The second kappa shape index (κ2) is 3.87. The minimum atomic E-state index is 0.487. The van der Waals surface area contributed by atoms with E-state index < -0.39 is 0 Å². The molecule has 12 heavy (non-hydrogen) atoms. The Kier molecular flexibility index (Phi) is 2.82. The third-order valence-electron chi connectivity index (χ3n) is 2.03. The summed E-state index contributed by atoms with van der Waals surface area (Å²) in [5.74, 6) is 0. The fourth-order valence-corrected chi connectivity index (χ4v) is 1.26. The molecule has 1 rings (SSSR count). The zero-order valence-corrected chi connectivity index (χ0v) is 7.46. The van der Waals surface area contributed by atoms with Crippen LogP contribution in [0.3, 0.4) is 0 Å². The summed E-state index contributed by atoms with van der Waals surface area (Å²) in [6.07, 6.45) is 3.20. The second-order valence-corrected chi connectivity index (χ2v) is 2.73. The van der Waals surface area contributed by atoms with Crippen molar-refractivity contribution in [3.63, 3.8) is 0 Å². The molecule has 1 aromatic heterocycles. The normalized spacial score (nSPS) is 9.42. The molecule has 0 aliphatic rings. The van der Waals surface area contributed by atoms with Gasteiger partial charge in [-0.3, -0.25) is 4.98 Å². The van der Waals surface area contributed by atoms with Gasteiger partial charge in [-0.1, -0.05) is 6.92 Å². The van der Waals surface area contributed by atoms with Gasteiger partial charge in [-0.2, -0.15) is 5.26 Å². The molecular weight excluding hydrogens is 148 g/mol. The van der Waals surface area contributed by atoms with Crippen molar-refractivity contribution in [3.05, 3.63) is 29.1 Å². The van der Waals surface area contributed by atoms with Gasteiger partial charge < -0.3 is 0 Å². The molecule has 0 spiro atoms. The highest BCUT2D eigenvalue weighted by molar-refractivity contribution is 5.30. The van der Waals surface area contributed by atoms with Crippen molar-refractivity contribution in [1.82, 2.24) is 4.98 Å². The number of aromatic nitrogens is 1. The lowest BCUT2D eigenvalue weighted by atomic mass is 10.0. The van der Waals surface area contributed by atoms with Crippen LogP contribution in [0.15, 0.2) is 12.3 Å². The molecular formula is C10H12N2. The van der Waals surface area contributed by atoms with Crippen LogP contribution in [0.4, 0.5) is 0 Å². The van der Waals surface area contributed by atoms with Crippen molar-refractivity contribution >= 4 is 0 Å². The lowest BCUT2D eigenvalue weighted by Gasteiger charge is -2.04. The maximum atomic E-state index is 8.54. The summed E-state index contributed by atoms with van der Waals surface area (Å²) in [6.45, 7) is 4.10. The molecule has 0 amide bonds. The summed E-state index contributed by atoms with van der Waals surface area (Å²) < 4.78 is 0. The second-order valence-electron chi connectivity index (χ2n) is 2.73. The Morgan fingerprint density at radius 1 is 1.58 bits per heavy atom. The summed E-state index contributed by atoms with van der Waals surface area (Å²) in [5, 5.41) is 8.54. The first-order valence-electron chi connectivity index (χ1n) is 4.10. The van der Waals surface area contributed by atoms with E-state index in [9.17, 15) is 0 Å². The van der Waals surface area contributed by atoms with Gasteiger partial charge in [-0.15, -0.1) is 0 Å². The van der Waals surface area contributed by atoms with E-state index in [4.69, 9.17) is 5.26 Å². The first-order valence-corrected chi connectivity index (χ1v) is 4.10. The average Bonchev–Trinajstić information content (AvgIpc) is 2.09. The van der Waals surface area contributed by atoms with Gasteiger partial charge in [0.1, 0.15) is 0 Å². The number of aryl methyl sites for hydroxylation is 1. The Morgan fingerprint density at radius 2 is 2.33 bits per heavy atom. The SMILES string of the molecule is CCc1nccc(CC#N)c1C. The summed E-state index contributed by atoms with van der Waals surface area (Å²) in [4.78, 5) is 4.23.